The standard InChI is InChI=1S/C16H17BrFNO/c1-3-20-14-7-5-13(6-8-14)19-11(2)15-9-4-12(17)10-16(15)18/h4-11,19H,3H2,1-2H3. The van der Waals surface area contributed by atoms with E-state index in [0.29, 0.717) is 12.2 Å². The minimum Gasteiger partial charge on any atom is -0.494 e. The number of hydrogen-bond donors (Lipinski definition) is 1. The normalized spacial score (nSPS) is 12.0. The molecule has 0 aliphatic heterocycles. The van der Waals surface area contributed by atoms with Crippen LogP contribution in [0.25, 0.3) is 0 Å². The van der Waals surface area contributed by atoms with E-state index in [1.165, 1.54) is 6.07 Å². The fraction of sp³-hybridized carbons (Fsp3) is 0.250. The lowest BCUT2D eigenvalue weighted by Gasteiger charge is -2.17. The first kappa shape index (κ1) is 14.9. The van der Waals surface area contributed by atoms with Crippen LogP contribution < -0.4 is 10.1 Å². The molecule has 0 amide bonds. The van der Waals surface area contributed by atoms with E-state index in [2.05, 4.69) is 21.2 Å². The topological polar surface area (TPSA) is 21.3 Å². The molecule has 0 spiro atoms. The van der Waals surface area contributed by atoms with E-state index in [0.717, 1.165) is 15.9 Å². The van der Waals surface area contributed by atoms with Gasteiger partial charge in [0.1, 0.15) is 11.6 Å². The molecule has 1 N–H and O–H groups in total. The molecule has 2 rings (SSSR count). The second-order valence-electron chi connectivity index (χ2n) is 4.49. The summed E-state index contributed by atoms with van der Waals surface area (Å²) in [4.78, 5) is 0. The number of nitrogens with one attached hydrogen (secondary N) is 1. The highest BCUT2D eigenvalue weighted by Gasteiger charge is 2.11. The maximum absolute atomic E-state index is 13.9. The molecule has 20 heavy (non-hydrogen) atoms. The lowest BCUT2D eigenvalue weighted by molar-refractivity contribution is 0.340. The molecule has 1 unspecified atom stereocenters. The van der Waals surface area contributed by atoms with Crippen molar-refractivity contribution in [2.75, 3.05) is 11.9 Å². The summed E-state index contributed by atoms with van der Waals surface area (Å²) in [5, 5.41) is 3.28. The summed E-state index contributed by atoms with van der Waals surface area (Å²) in [6.45, 7) is 4.53. The Hall–Kier alpha value is -1.55. The molecule has 2 aromatic carbocycles. The van der Waals surface area contributed by atoms with Crippen LogP contribution in [0.3, 0.4) is 0 Å². The lowest BCUT2D eigenvalue weighted by Crippen LogP contribution is -2.08. The molecule has 0 bridgehead atoms. The molecule has 2 nitrogen and oxygen atoms in total. The van der Waals surface area contributed by atoms with E-state index in [9.17, 15) is 4.39 Å². The van der Waals surface area contributed by atoms with Gasteiger partial charge in [-0.1, -0.05) is 22.0 Å². The highest BCUT2D eigenvalue weighted by Crippen LogP contribution is 2.25. The third-order valence-electron chi connectivity index (χ3n) is 2.98. The van der Waals surface area contributed by atoms with Gasteiger partial charge < -0.3 is 10.1 Å². The van der Waals surface area contributed by atoms with Crippen LogP contribution in [0.4, 0.5) is 10.1 Å². The predicted octanol–water partition coefficient (Wildman–Crippen LogP) is 5.16. The second kappa shape index (κ2) is 6.75. The molecule has 0 aliphatic carbocycles. The van der Waals surface area contributed by atoms with Crippen molar-refractivity contribution >= 4 is 21.6 Å². The van der Waals surface area contributed by atoms with Gasteiger partial charge in [0.2, 0.25) is 0 Å². The van der Waals surface area contributed by atoms with Crippen molar-refractivity contribution in [2.45, 2.75) is 19.9 Å². The van der Waals surface area contributed by atoms with Gasteiger partial charge in [0.05, 0.1) is 12.6 Å². The SMILES string of the molecule is CCOc1ccc(NC(C)c2ccc(Br)cc2F)cc1. The molecule has 0 fully saturated rings. The van der Waals surface area contributed by atoms with Crippen LogP contribution >= 0.6 is 15.9 Å². The second-order valence-corrected chi connectivity index (χ2v) is 5.40. The molecule has 0 aliphatic rings. The fourth-order valence-corrected chi connectivity index (χ4v) is 2.33. The van der Waals surface area contributed by atoms with Crippen molar-refractivity contribution in [2.24, 2.45) is 0 Å². The smallest absolute Gasteiger partial charge is 0.129 e. The van der Waals surface area contributed by atoms with Gasteiger partial charge in [-0.3, -0.25) is 0 Å². The third kappa shape index (κ3) is 3.73. The molecule has 106 valence electrons. The van der Waals surface area contributed by atoms with E-state index in [1.807, 2.05) is 44.2 Å². The largest absolute Gasteiger partial charge is 0.494 e. The maximum Gasteiger partial charge on any atom is 0.129 e. The molecule has 0 saturated heterocycles. The molecule has 4 heteroatoms. The quantitative estimate of drug-likeness (QED) is 0.813. The van der Waals surface area contributed by atoms with Gasteiger partial charge in [0, 0.05) is 15.7 Å². The molecule has 0 saturated carbocycles. The zero-order valence-electron chi connectivity index (χ0n) is 11.5. The van der Waals surface area contributed by atoms with Gasteiger partial charge in [-0.2, -0.15) is 0 Å². The number of benzene rings is 2. The van der Waals surface area contributed by atoms with Crippen molar-refractivity contribution < 1.29 is 9.13 Å². The maximum atomic E-state index is 13.9. The van der Waals surface area contributed by atoms with Crippen LogP contribution in [0.15, 0.2) is 46.9 Å². The van der Waals surface area contributed by atoms with Crippen LogP contribution in [-0.2, 0) is 0 Å². The number of hydrogen-bond acceptors (Lipinski definition) is 2. The Labute approximate surface area is 127 Å². The summed E-state index contributed by atoms with van der Waals surface area (Å²) in [7, 11) is 0. The van der Waals surface area contributed by atoms with Crippen LogP contribution in [-0.4, -0.2) is 6.61 Å². The Morgan fingerprint density at radius 2 is 1.90 bits per heavy atom. The van der Waals surface area contributed by atoms with Crippen molar-refractivity contribution in [3.63, 3.8) is 0 Å². The third-order valence-corrected chi connectivity index (χ3v) is 3.47. The zero-order chi connectivity index (χ0) is 14.5. The lowest BCUT2D eigenvalue weighted by atomic mass is 10.1. The number of rotatable bonds is 5. The number of ether oxygens (including phenoxy) is 1. The van der Waals surface area contributed by atoms with Crippen molar-refractivity contribution in [1.82, 2.24) is 0 Å². The number of halogens is 2. The van der Waals surface area contributed by atoms with Crippen LogP contribution in [0.5, 0.6) is 5.75 Å². The summed E-state index contributed by atoms with van der Waals surface area (Å²) in [5.41, 5.74) is 1.57. The Morgan fingerprint density at radius 1 is 1.20 bits per heavy atom. The summed E-state index contributed by atoms with van der Waals surface area (Å²) in [6, 6.07) is 12.6. The fourth-order valence-electron chi connectivity index (χ4n) is 1.99. The average molecular weight is 338 g/mol. The van der Waals surface area contributed by atoms with Gasteiger partial charge in [-0.25, -0.2) is 4.39 Å². The summed E-state index contributed by atoms with van der Waals surface area (Å²) >= 11 is 3.26. The molecule has 1 atom stereocenters. The first-order valence-corrected chi connectivity index (χ1v) is 7.33. The first-order chi connectivity index (χ1) is 9.60. The number of anilines is 1. The molecular formula is C16H17BrFNO. The van der Waals surface area contributed by atoms with E-state index in [1.54, 1.807) is 6.07 Å². The molecule has 0 radical (unpaired) electrons. The molecule has 0 heterocycles. The monoisotopic (exact) mass is 337 g/mol. The zero-order valence-corrected chi connectivity index (χ0v) is 13.1. The molecule has 2 aromatic rings. The van der Waals surface area contributed by atoms with Gasteiger partial charge in [0.25, 0.3) is 0 Å². The molecule has 0 aromatic heterocycles. The van der Waals surface area contributed by atoms with Gasteiger partial charge in [0.15, 0.2) is 0 Å². The van der Waals surface area contributed by atoms with E-state index in [-0.39, 0.29) is 11.9 Å². The summed E-state index contributed by atoms with van der Waals surface area (Å²) in [5.74, 6) is 0.617. The van der Waals surface area contributed by atoms with E-state index in [4.69, 9.17) is 4.74 Å². The van der Waals surface area contributed by atoms with Gasteiger partial charge in [-0.15, -0.1) is 0 Å². The minimum absolute atomic E-state index is 0.110. The van der Waals surface area contributed by atoms with Gasteiger partial charge >= 0.3 is 0 Å². The van der Waals surface area contributed by atoms with Crippen molar-refractivity contribution in [3.05, 3.63) is 58.3 Å². The minimum atomic E-state index is -0.217. The Kier molecular flexibility index (Phi) is 5.01. The predicted molar refractivity (Wildman–Crippen MR) is 83.7 cm³/mol. The van der Waals surface area contributed by atoms with Gasteiger partial charge in [-0.05, 0) is 50.2 Å². The highest BCUT2D eigenvalue weighted by molar-refractivity contribution is 9.10. The first-order valence-electron chi connectivity index (χ1n) is 6.54. The summed E-state index contributed by atoms with van der Waals surface area (Å²) in [6.07, 6.45) is 0. The van der Waals surface area contributed by atoms with Crippen LogP contribution in [0.2, 0.25) is 0 Å². The van der Waals surface area contributed by atoms with Crippen LogP contribution in [0, 0.1) is 5.82 Å². The molecular weight excluding hydrogens is 321 g/mol. The Morgan fingerprint density at radius 3 is 2.50 bits per heavy atom. The summed E-state index contributed by atoms with van der Waals surface area (Å²) < 4.78 is 20.0. The van der Waals surface area contributed by atoms with Crippen molar-refractivity contribution in [1.29, 1.82) is 0 Å². The van der Waals surface area contributed by atoms with E-state index >= 15 is 0 Å². The Bertz CT molecular complexity index is 571. The Balaban J connectivity index is 2.08. The highest BCUT2D eigenvalue weighted by atomic mass is 79.9. The van der Waals surface area contributed by atoms with Crippen molar-refractivity contribution in [3.8, 4) is 5.75 Å². The van der Waals surface area contributed by atoms with E-state index < -0.39 is 0 Å². The van der Waals surface area contributed by atoms with Crippen LogP contribution in [0.1, 0.15) is 25.5 Å². The average Bonchev–Trinajstić information content (AvgIpc) is 2.41.